The average Bonchev–Trinajstić information content (AvgIpc) is 3.16. The maximum absolute atomic E-state index is 12.5. The van der Waals surface area contributed by atoms with E-state index in [-0.39, 0.29) is 30.3 Å². The van der Waals surface area contributed by atoms with Gasteiger partial charge in [-0.1, -0.05) is 26.8 Å². The van der Waals surface area contributed by atoms with Crippen LogP contribution in [0, 0.1) is 0 Å². The molecule has 1 saturated heterocycles. The van der Waals surface area contributed by atoms with Gasteiger partial charge in [0.2, 0.25) is 0 Å². The highest BCUT2D eigenvalue weighted by Crippen LogP contribution is 2.43. The van der Waals surface area contributed by atoms with E-state index in [0.717, 1.165) is 37.9 Å². The van der Waals surface area contributed by atoms with E-state index in [2.05, 4.69) is 39.9 Å². The minimum Gasteiger partial charge on any atom is -0.448 e. The van der Waals surface area contributed by atoms with Crippen LogP contribution in [0.25, 0.3) is 0 Å². The van der Waals surface area contributed by atoms with Crippen molar-refractivity contribution in [2.45, 2.75) is 90.5 Å². The van der Waals surface area contributed by atoms with Crippen LogP contribution in [0.3, 0.4) is 0 Å². The highest BCUT2D eigenvalue weighted by atomic mass is 28.4. The molecule has 1 aliphatic heterocycles. The van der Waals surface area contributed by atoms with Gasteiger partial charge in [-0.2, -0.15) is 0 Å². The number of carbonyl (C=O) groups is 2. The first kappa shape index (κ1) is 23.7. The van der Waals surface area contributed by atoms with Crippen LogP contribution in [-0.2, 0) is 13.9 Å². The smallest absolute Gasteiger partial charge is 0.429 e. The van der Waals surface area contributed by atoms with Crippen LogP contribution in [0.15, 0.2) is 11.6 Å². The van der Waals surface area contributed by atoms with Crippen molar-refractivity contribution >= 4 is 20.5 Å². The molecule has 0 aromatic heterocycles. The van der Waals surface area contributed by atoms with E-state index in [0.29, 0.717) is 0 Å². The molecular formula is C21H38N2O5Si. The van der Waals surface area contributed by atoms with Crippen LogP contribution in [-0.4, -0.2) is 62.4 Å². The summed E-state index contributed by atoms with van der Waals surface area (Å²) in [6, 6.07) is -0.241. The predicted molar refractivity (Wildman–Crippen MR) is 115 cm³/mol. The number of rotatable bonds is 7. The molecule has 0 unspecified atom stereocenters. The number of nitrogens with zero attached hydrogens (tertiary/aromatic N) is 2. The Kier molecular flexibility index (Phi) is 7.78. The number of allylic oxidation sites excluding steroid dienone is 1. The molecule has 2 fully saturated rings. The van der Waals surface area contributed by atoms with Crippen LogP contribution in [0.1, 0.15) is 60.3 Å². The topological polar surface area (TPSA) is 68.3 Å². The van der Waals surface area contributed by atoms with E-state index in [1.54, 1.807) is 13.8 Å². The summed E-state index contributed by atoms with van der Waals surface area (Å²) in [7, 11) is -1.73. The minimum atomic E-state index is -1.73. The van der Waals surface area contributed by atoms with E-state index in [1.807, 2.05) is 0 Å². The van der Waals surface area contributed by atoms with E-state index in [4.69, 9.17) is 13.9 Å². The van der Waals surface area contributed by atoms with Gasteiger partial charge in [-0.15, -0.1) is 0 Å². The number of amides is 2. The van der Waals surface area contributed by atoms with Crippen LogP contribution in [0.2, 0.25) is 18.1 Å². The maximum Gasteiger partial charge on any atom is 0.429 e. The van der Waals surface area contributed by atoms with Crippen LogP contribution >= 0.6 is 0 Å². The van der Waals surface area contributed by atoms with E-state index < -0.39 is 20.5 Å². The molecule has 2 bridgehead atoms. The average molecular weight is 427 g/mol. The largest absolute Gasteiger partial charge is 0.448 e. The number of fused-ring (bicyclic) bond motifs is 2. The molecule has 0 aromatic carbocycles. The molecule has 0 aromatic rings. The van der Waals surface area contributed by atoms with Crippen LogP contribution in [0.5, 0.6) is 0 Å². The molecule has 2 rings (SSSR count). The summed E-state index contributed by atoms with van der Waals surface area (Å²) in [4.78, 5) is 25.0. The van der Waals surface area contributed by atoms with Crippen LogP contribution < -0.4 is 0 Å². The Bertz CT molecular complexity index is 595. The Balaban J connectivity index is 2.03. The molecule has 166 valence electrons. The number of unbranched alkanes of at least 4 members (excludes halogenated alkanes) is 1. The Labute approximate surface area is 176 Å². The lowest BCUT2D eigenvalue weighted by molar-refractivity contribution is -0.0378. The van der Waals surface area contributed by atoms with Gasteiger partial charge in [-0.05, 0) is 63.2 Å². The molecule has 1 heterocycles. The molecule has 2 amide bonds. The van der Waals surface area contributed by atoms with Gasteiger partial charge < -0.3 is 13.9 Å². The number of hydrazine groups is 1. The van der Waals surface area contributed by atoms with Gasteiger partial charge in [0.15, 0.2) is 8.32 Å². The third-order valence-corrected chi connectivity index (χ3v) is 10.8. The summed E-state index contributed by atoms with van der Waals surface area (Å²) in [6.45, 7) is 16.1. The van der Waals surface area contributed by atoms with Crippen molar-refractivity contribution in [1.82, 2.24) is 10.0 Å². The predicted octanol–water partition coefficient (Wildman–Crippen LogP) is 5.09. The van der Waals surface area contributed by atoms with Crippen molar-refractivity contribution in [3.8, 4) is 0 Å². The lowest BCUT2D eigenvalue weighted by Gasteiger charge is -2.36. The Morgan fingerprint density at radius 3 is 1.93 bits per heavy atom. The minimum absolute atomic E-state index is 0.121. The highest BCUT2D eigenvalue weighted by Gasteiger charge is 2.54. The zero-order valence-electron chi connectivity index (χ0n) is 19.1. The molecule has 7 nitrogen and oxygen atoms in total. The molecular weight excluding hydrogens is 388 g/mol. The van der Waals surface area contributed by atoms with Gasteiger partial charge in [0.1, 0.15) is 0 Å². The monoisotopic (exact) mass is 426 g/mol. The Hall–Kier alpha value is -1.54. The first-order valence-corrected chi connectivity index (χ1v) is 13.7. The molecule has 0 spiro atoms. The zero-order valence-corrected chi connectivity index (χ0v) is 20.1. The highest BCUT2D eigenvalue weighted by molar-refractivity contribution is 6.74. The van der Waals surface area contributed by atoms with Gasteiger partial charge in [0.05, 0.1) is 25.3 Å². The zero-order chi connectivity index (χ0) is 21.8. The van der Waals surface area contributed by atoms with Crippen molar-refractivity contribution in [3.05, 3.63) is 11.6 Å². The normalized spacial score (nSPS) is 23.1. The molecule has 2 aliphatic rings. The number of ether oxygens (including phenoxy) is 2. The SMILES string of the molecule is CCOC(=O)N1[C@@H]2CC[C@@H](C2=CCCCO[Si](C)(C)C(C)(C)C)N1C(=O)OCC. The lowest BCUT2D eigenvalue weighted by atomic mass is 10.1. The number of hydrogen-bond acceptors (Lipinski definition) is 5. The lowest BCUT2D eigenvalue weighted by Crippen LogP contribution is -2.53. The first-order chi connectivity index (χ1) is 13.5. The summed E-state index contributed by atoms with van der Waals surface area (Å²) in [5.41, 5.74) is 1.12. The van der Waals surface area contributed by atoms with Gasteiger partial charge in [-0.3, -0.25) is 0 Å². The fourth-order valence-electron chi connectivity index (χ4n) is 3.68. The third-order valence-electron chi connectivity index (χ3n) is 6.21. The molecule has 8 heteroatoms. The molecule has 1 saturated carbocycles. The Morgan fingerprint density at radius 1 is 1.03 bits per heavy atom. The molecule has 0 radical (unpaired) electrons. The summed E-state index contributed by atoms with van der Waals surface area (Å²) >= 11 is 0. The van der Waals surface area contributed by atoms with Gasteiger partial charge in [0.25, 0.3) is 0 Å². The molecule has 29 heavy (non-hydrogen) atoms. The number of hydrogen-bond donors (Lipinski definition) is 0. The van der Waals surface area contributed by atoms with E-state index in [1.165, 1.54) is 10.0 Å². The fraction of sp³-hybridized carbons (Fsp3) is 0.810. The third kappa shape index (κ3) is 5.15. The molecule has 1 aliphatic carbocycles. The van der Waals surface area contributed by atoms with Crippen molar-refractivity contribution in [3.63, 3.8) is 0 Å². The first-order valence-electron chi connectivity index (χ1n) is 10.8. The van der Waals surface area contributed by atoms with E-state index >= 15 is 0 Å². The second kappa shape index (κ2) is 9.51. The quantitative estimate of drug-likeness (QED) is 0.322. The standard InChI is InChI=1S/C21H38N2O5Si/c1-8-26-19(24)22-17-13-14-18(23(22)20(25)27-9-2)16(17)12-10-11-15-28-29(6,7)21(3,4)5/h12,17-18H,8-11,13-15H2,1-7H3/t17-,18+. The summed E-state index contributed by atoms with van der Waals surface area (Å²) in [6.07, 6.45) is 4.68. The van der Waals surface area contributed by atoms with E-state index in [9.17, 15) is 9.59 Å². The second-order valence-electron chi connectivity index (χ2n) is 9.15. The van der Waals surface area contributed by atoms with Gasteiger partial charge >= 0.3 is 12.2 Å². The van der Waals surface area contributed by atoms with Gasteiger partial charge in [-0.25, -0.2) is 19.6 Å². The van der Waals surface area contributed by atoms with Crippen molar-refractivity contribution in [2.75, 3.05) is 19.8 Å². The number of carbonyl (C=O) groups excluding carboxylic acids is 2. The Morgan fingerprint density at radius 2 is 1.52 bits per heavy atom. The summed E-state index contributed by atoms with van der Waals surface area (Å²) in [5.74, 6) is 0. The molecule has 2 atom stereocenters. The van der Waals surface area contributed by atoms with Crippen LogP contribution in [0.4, 0.5) is 9.59 Å². The van der Waals surface area contributed by atoms with Crippen molar-refractivity contribution < 1.29 is 23.5 Å². The molecule has 0 N–H and O–H groups in total. The summed E-state index contributed by atoms with van der Waals surface area (Å²) in [5, 5.41) is 3.11. The second-order valence-corrected chi connectivity index (χ2v) is 14.0. The van der Waals surface area contributed by atoms with Gasteiger partial charge in [0, 0.05) is 6.61 Å². The van der Waals surface area contributed by atoms with Crippen molar-refractivity contribution in [2.24, 2.45) is 0 Å². The van der Waals surface area contributed by atoms with Crippen molar-refractivity contribution in [1.29, 1.82) is 0 Å². The maximum atomic E-state index is 12.5. The fourth-order valence-corrected chi connectivity index (χ4v) is 4.76. The summed E-state index contributed by atoms with van der Waals surface area (Å²) < 4.78 is 16.6.